The number of nitrogens with zero attached hydrogens (tertiary/aromatic N) is 4. The molecule has 6 nitrogen and oxygen atoms in total. The van der Waals surface area contributed by atoms with E-state index in [2.05, 4.69) is 58.4 Å². The minimum Gasteiger partial charge on any atom is -0.352 e. The van der Waals surface area contributed by atoms with E-state index in [1.54, 1.807) is 0 Å². The van der Waals surface area contributed by atoms with Gasteiger partial charge in [0.25, 0.3) is 0 Å². The van der Waals surface area contributed by atoms with Crippen LogP contribution in [0.15, 0.2) is 24.3 Å². The number of aromatic amines is 1. The summed E-state index contributed by atoms with van der Waals surface area (Å²) in [5, 5.41) is 3.47. The van der Waals surface area contributed by atoms with Crippen LogP contribution in [0.3, 0.4) is 0 Å². The molecule has 6 heteroatoms. The third-order valence-electron chi connectivity index (χ3n) is 5.02. The van der Waals surface area contributed by atoms with Gasteiger partial charge in [0, 0.05) is 25.6 Å². The van der Waals surface area contributed by atoms with Gasteiger partial charge in [0.2, 0.25) is 0 Å². The molecule has 0 aliphatic carbocycles. The highest BCUT2D eigenvalue weighted by atomic mass is 15.2. The molecular formula is C20H26N6. The second kappa shape index (κ2) is 7.03. The molecular weight excluding hydrogens is 324 g/mol. The molecule has 4 rings (SSSR count). The Bertz CT molecular complexity index is 910. The van der Waals surface area contributed by atoms with Crippen molar-refractivity contribution in [2.24, 2.45) is 0 Å². The number of aromatic nitrogens is 4. The maximum Gasteiger partial charge on any atom is 0.132 e. The van der Waals surface area contributed by atoms with Crippen molar-refractivity contribution < 1.29 is 0 Å². The first kappa shape index (κ1) is 17.0. The summed E-state index contributed by atoms with van der Waals surface area (Å²) >= 11 is 0. The molecule has 1 unspecified atom stereocenters. The second-order valence-electron chi connectivity index (χ2n) is 7.30. The van der Waals surface area contributed by atoms with Crippen LogP contribution in [0.5, 0.6) is 0 Å². The van der Waals surface area contributed by atoms with Crippen LogP contribution in [0.2, 0.25) is 0 Å². The lowest BCUT2D eigenvalue weighted by atomic mass is 9.96. The van der Waals surface area contributed by atoms with Crippen LogP contribution in [0.1, 0.15) is 41.7 Å². The number of hydrogen-bond acceptors (Lipinski definition) is 5. The third-order valence-corrected chi connectivity index (χ3v) is 5.02. The number of fused-ring (bicyclic) bond motifs is 1. The Morgan fingerprint density at radius 1 is 1.15 bits per heavy atom. The topological polar surface area (TPSA) is 69.7 Å². The summed E-state index contributed by atoms with van der Waals surface area (Å²) < 4.78 is 0. The molecule has 2 aromatic heterocycles. The van der Waals surface area contributed by atoms with Gasteiger partial charge in [-0.15, -0.1) is 0 Å². The van der Waals surface area contributed by atoms with Crippen LogP contribution in [-0.2, 0) is 6.54 Å². The zero-order valence-corrected chi connectivity index (χ0v) is 15.7. The Labute approximate surface area is 154 Å². The first-order valence-corrected chi connectivity index (χ1v) is 9.31. The molecule has 1 atom stereocenters. The smallest absolute Gasteiger partial charge is 0.132 e. The number of imidazole rings is 1. The molecule has 1 aromatic carbocycles. The van der Waals surface area contributed by atoms with E-state index in [4.69, 9.17) is 9.97 Å². The molecule has 1 saturated heterocycles. The summed E-state index contributed by atoms with van der Waals surface area (Å²) in [6.07, 6.45) is 2.40. The predicted molar refractivity (Wildman–Crippen MR) is 105 cm³/mol. The number of anilines is 1. The Kier molecular flexibility index (Phi) is 4.59. The van der Waals surface area contributed by atoms with Crippen molar-refractivity contribution in [1.29, 1.82) is 0 Å². The number of benzene rings is 1. The Hall–Kier alpha value is -2.47. The Morgan fingerprint density at radius 2 is 2.04 bits per heavy atom. The van der Waals surface area contributed by atoms with Crippen molar-refractivity contribution in [3.05, 3.63) is 47.2 Å². The highest BCUT2D eigenvalue weighted by Gasteiger charge is 2.19. The van der Waals surface area contributed by atoms with Gasteiger partial charge < -0.3 is 15.2 Å². The monoisotopic (exact) mass is 350 g/mol. The molecule has 1 aliphatic rings. The van der Waals surface area contributed by atoms with Gasteiger partial charge in [-0.25, -0.2) is 15.0 Å². The summed E-state index contributed by atoms with van der Waals surface area (Å²) in [7, 11) is 2.06. The summed E-state index contributed by atoms with van der Waals surface area (Å²) in [6, 6.07) is 8.43. The van der Waals surface area contributed by atoms with Crippen LogP contribution < -0.4 is 10.2 Å². The molecule has 0 amide bonds. The van der Waals surface area contributed by atoms with Crippen molar-refractivity contribution in [3.8, 4) is 0 Å². The summed E-state index contributed by atoms with van der Waals surface area (Å²) in [5.41, 5.74) is 4.47. The minimum absolute atomic E-state index is 0.478. The Balaban J connectivity index is 1.56. The summed E-state index contributed by atoms with van der Waals surface area (Å²) in [4.78, 5) is 19.6. The average molecular weight is 350 g/mol. The number of aryl methyl sites for hydroxylation is 2. The van der Waals surface area contributed by atoms with E-state index in [9.17, 15) is 0 Å². The number of rotatable bonds is 4. The summed E-state index contributed by atoms with van der Waals surface area (Å²) in [5.74, 6) is 3.21. The second-order valence-corrected chi connectivity index (χ2v) is 7.30. The molecule has 1 fully saturated rings. The molecule has 136 valence electrons. The van der Waals surface area contributed by atoms with Crippen LogP contribution in [0.4, 0.5) is 5.82 Å². The fourth-order valence-electron chi connectivity index (χ4n) is 3.64. The van der Waals surface area contributed by atoms with Gasteiger partial charge in [-0.1, -0.05) is 6.07 Å². The van der Waals surface area contributed by atoms with Gasteiger partial charge in [0.05, 0.1) is 23.3 Å². The molecule has 3 heterocycles. The van der Waals surface area contributed by atoms with E-state index in [0.29, 0.717) is 12.5 Å². The van der Waals surface area contributed by atoms with E-state index in [1.807, 2.05) is 6.92 Å². The zero-order valence-electron chi connectivity index (χ0n) is 15.7. The first-order chi connectivity index (χ1) is 12.6. The van der Waals surface area contributed by atoms with Crippen molar-refractivity contribution in [2.45, 2.75) is 39.2 Å². The van der Waals surface area contributed by atoms with Crippen molar-refractivity contribution in [1.82, 2.24) is 25.3 Å². The lowest BCUT2D eigenvalue weighted by Crippen LogP contribution is -2.29. The van der Waals surface area contributed by atoms with Crippen molar-refractivity contribution >= 4 is 16.9 Å². The largest absolute Gasteiger partial charge is 0.352 e. The minimum atomic E-state index is 0.478. The molecule has 0 radical (unpaired) electrons. The molecule has 3 aromatic rings. The Morgan fingerprint density at radius 3 is 2.85 bits per heavy atom. The fraction of sp³-hybridized carbons (Fsp3) is 0.450. The van der Waals surface area contributed by atoms with Gasteiger partial charge in [0.15, 0.2) is 0 Å². The van der Waals surface area contributed by atoms with E-state index >= 15 is 0 Å². The number of nitrogens with one attached hydrogen (secondary N) is 2. The molecule has 0 saturated carbocycles. The van der Waals surface area contributed by atoms with E-state index in [0.717, 1.165) is 47.3 Å². The first-order valence-electron chi connectivity index (χ1n) is 9.31. The number of hydrogen-bond donors (Lipinski definition) is 2. The average Bonchev–Trinajstić information content (AvgIpc) is 3.03. The molecule has 1 aliphatic heterocycles. The van der Waals surface area contributed by atoms with Crippen molar-refractivity contribution in [2.75, 3.05) is 25.0 Å². The lowest BCUT2D eigenvalue weighted by molar-refractivity contribution is 0.453. The maximum atomic E-state index is 4.70. The van der Waals surface area contributed by atoms with Gasteiger partial charge in [-0.05, 0) is 50.9 Å². The maximum absolute atomic E-state index is 4.70. The number of H-pyrrole nitrogens is 1. The van der Waals surface area contributed by atoms with Gasteiger partial charge >= 0.3 is 0 Å². The van der Waals surface area contributed by atoms with Crippen LogP contribution >= 0.6 is 0 Å². The SMILES string of the molecule is Cc1ccc2nc(CN(C)c3cc(C4CCCNC4)nc(C)n3)[nH]c2c1. The summed E-state index contributed by atoms with van der Waals surface area (Å²) in [6.45, 7) is 6.87. The highest BCUT2D eigenvalue weighted by molar-refractivity contribution is 5.75. The molecule has 0 spiro atoms. The zero-order chi connectivity index (χ0) is 18.1. The third kappa shape index (κ3) is 3.55. The van der Waals surface area contributed by atoms with E-state index < -0.39 is 0 Å². The molecule has 26 heavy (non-hydrogen) atoms. The molecule has 2 N–H and O–H groups in total. The van der Waals surface area contributed by atoms with E-state index in [-0.39, 0.29) is 0 Å². The standard InChI is InChI=1S/C20H26N6/c1-13-6-7-16-18(9-13)25-19(24-16)12-26(3)20-10-17(22-14(2)23-20)15-5-4-8-21-11-15/h6-7,9-10,15,21H,4-5,8,11-12H2,1-3H3,(H,24,25). The van der Waals surface area contributed by atoms with E-state index in [1.165, 1.54) is 18.4 Å². The highest BCUT2D eigenvalue weighted by Crippen LogP contribution is 2.25. The predicted octanol–water partition coefficient (Wildman–Crippen LogP) is 3.07. The van der Waals surface area contributed by atoms with Gasteiger partial charge in [-0.3, -0.25) is 0 Å². The van der Waals surface area contributed by atoms with Crippen LogP contribution in [0, 0.1) is 13.8 Å². The van der Waals surface area contributed by atoms with Crippen molar-refractivity contribution in [3.63, 3.8) is 0 Å². The quantitative estimate of drug-likeness (QED) is 0.757. The van der Waals surface area contributed by atoms with Crippen LogP contribution in [0.25, 0.3) is 11.0 Å². The van der Waals surface area contributed by atoms with Crippen LogP contribution in [-0.4, -0.2) is 40.1 Å². The fourth-order valence-corrected chi connectivity index (χ4v) is 3.64. The number of piperidine rings is 1. The normalized spacial score (nSPS) is 17.6. The van der Waals surface area contributed by atoms with Gasteiger partial charge in [0.1, 0.15) is 17.5 Å². The lowest BCUT2D eigenvalue weighted by Gasteiger charge is -2.24. The van der Waals surface area contributed by atoms with Gasteiger partial charge in [-0.2, -0.15) is 0 Å². The molecule has 0 bridgehead atoms.